The molecule has 1 aliphatic heterocycles. The van der Waals surface area contributed by atoms with Gasteiger partial charge in [-0.2, -0.15) is 13.2 Å². The quantitative estimate of drug-likeness (QED) is 0.229. The Morgan fingerprint density at radius 2 is 1.63 bits per heavy atom. The van der Waals surface area contributed by atoms with Gasteiger partial charge in [-0.25, -0.2) is 4.98 Å². The lowest BCUT2D eigenvalue weighted by Gasteiger charge is -2.34. The van der Waals surface area contributed by atoms with E-state index in [1.165, 1.54) is 12.1 Å². The molecule has 9 heteroatoms. The first-order valence-electron chi connectivity index (χ1n) is 15.4. The Balaban J connectivity index is 1.68. The van der Waals surface area contributed by atoms with Crippen LogP contribution in [-0.4, -0.2) is 51.4 Å². The zero-order chi connectivity index (χ0) is 31.4. The molecule has 1 aromatic heterocycles. The fourth-order valence-corrected chi connectivity index (χ4v) is 5.67. The number of carbonyl (C=O) groups excluding carboxylic acids is 1. The Morgan fingerprint density at radius 3 is 2.21 bits per heavy atom. The summed E-state index contributed by atoms with van der Waals surface area (Å²) in [6, 6.07) is 11.0. The topological polar surface area (TPSA) is 53.4 Å². The lowest BCUT2D eigenvalue weighted by Crippen LogP contribution is -2.46. The van der Waals surface area contributed by atoms with Crippen molar-refractivity contribution in [3.63, 3.8) is 0 Å². The number of imidazole rings is 1. The molecule has 0 atom stereocenters. The predicted molar refractivity (Wildman–Crippen MR) is 168 cm³/mol. The normalized spacial score (nSPS) is 14.3. The number of hydrogen-bond donors (Lipinski definition) is 1. The average Bonchev–Trinajstić information content (AvgIpc) is 3.28. The van der Waals surface area contributed by atoms with Crippen LogP contribution in [0.3, 0.4) is 0 Å². The summed E-state index contributed by atoms with van der Waals surface area (Å²) >= 11 is 0. The van der Waals surface area contributed by atoms with E-state index < -0.39 is 17.2 Å². The van der Waals surface area contributed by atoms with Crippen LogP contribution < -0.4 is 5.32 Å². The van der Waals surface area contributed by atoms with Gasteiger partial charge in [0.25, 0.3) is 0 Å². The monoisotopic (exact) mass is 597 g/mol. The highest BCUT2D eigenvalue weighted by molar-refractivity contribution is 5.89. The largest absolute Gasteiger partial charge is 0.416 e. The number of alkyl halides is 3. The number of anilines is 2. The van der Waals surface area contributed by atoms with Crippen molar-refractivity contribution >= 4 is 28.6 Å². The molecular weight excluding hydrogens is 551 g/mol. The summed E-state index contributed by atoms with van der Waals surface area (Å²) in [6.07, 6.45) is 3.06. The molecule has 0 radical (unpaired) electrons. The van der Waals surface area contributed by atoms with Gasteiger partial charge in [-0.3, -0.25) is 4.79 Å². The molecular formula is C34H46F3N5O. The molecule has 2 heterocycles. The second-order valence-electron chi connectivity index (χ2n) is 13.0. The van der Waals surface area contributed by atoms with Crippen LogP contribution in [0.5, 0.6) is 0 Å². The van der Waals surface area contributed by atoms with E-state index in [0.717, 1.165) is 61.1 Å². The summed E-state index contributed by atoms with van der Waals surface area (Å²) in [5.74, 6) is 1.37. The van der Waals surface area contributed by atoms with Gasteiger partial charge in [-0.05, 0) is 93.1 Å². The van der Waals surface area contributed by atoms with Crippen LogP contribution in [0.25, 0.3) is 11.0 Å². The van der Waals surface area contributed by atoms with Crippen LogP contribution in [0, 0.1) is 11.8 Å². The first-order chi connectivity index (χ1) is 20.3. The number of aryl methyl sites for hydroxylation is 1. The minimum Gasteiger partial charge on any atom is -0.378 e. The lowest BCUT2D eigenvalue weighted by atomic mass is 9.82. The first kappa shape index (κ1) is 32.4. The van der Waals surface area contributed by atoms with Crippen molar-refractivity contribution in [2.24, 2.45) is 11.8 Å². The van der Waals surface area contributed by atoms with E-state index in [0.29, 0.717) is 43.1 Å². The van der Waals surface area contributed by atoms with Crippen molar-refractivity contribution in [2.45, 2.75) is 78.9 Å². The smallest absolute Gasteiger partial charge is 0.378 e. The number of amides is 1. The second kappa shape index (κ2) is 13.4. The molecule has 1 N–H and O–H groups in total. The molecule has 0 saturated heterocycles. The molecule has 234 valence electrons. The number of nitrogens with zero attached hydrogens (tertiary/aromatic N) is 4. The predicted octanol–water partition coefficient (Wildman–Crippen LogP) is 8.22. The minimum atomic E-state index is -4.39. The molecule has 0 unspecified atom stereocenters. The van der Waals surface area contributed by atoms with Gasteiger partial charge >= 0.3 is 6.18 Å². The number of benzene rings is 2. The van der Waals surface area contributed by atoms with Gasteiger partial charge in [0.05, 0.1) is 22.0 Å². The number of rotatable bonds is 12. The van der Waals surface area contributed by atoms with Crippen molar-refractivity contribution in [1.29, 1.82) is 0 Å². The molecule has 1 amide bonds. The van der Waals surface area contributed by atoms with Crippen molar-refractivity contribution < 1.29 is 18.0 Å². The summed E-state index contributed by atoms with van der Waals surface area (Å²) < 4.78 is 41.5. The molecule has 3 aromatic rings. The van der Waals surface area contributed by atoms with Crippen molar-refractivity contribution in [1.82, 2.24) is 19.4 Å². The molecule has 1 aliphatic rings. The van der Waals surface area contributed by atoms with Crippen LogP contribution in [0.15, 0.2) is 54.7 Å². The molecule has 0 spiro atoms. The van der Waals surface area contributed by atoms with E-state index in [1.54, 1.807) is 0 Å². The Morgan fingerprint density at radius 1 is 0.977 bits per heavy atom. The lowest BCUT2D eigenvalue weighted by molar-refractivity contribution is -0.138. The third-order valence-corrected chi connectivity index (χ3v) is 7.89. The first-order valence-corrected chi connectivity index (χ1v) is 15.4. The van der Waals surface area contributed by atoms with Gasteiger partial charge in [0.1, 0.15) is 0 Å². The van der Waals surface area contributed by atoms with Crippen molar-refractivity contribution in [2.75, 3.05) is 31.5 Å². The van der Waals surface area contributed by atoms with Crippen LogP contribution in [0.2, 0.25) is 0 Å². The molecule has 0 bridgehead atoms. The average molecular weight is 598 g/mol. The maximum absolute atomic E-state index is 13.9. The summed E-state index contributed by atoms with van der Waals surface area (Å²) in [5.41, 5.74) is 1.64. The van der Waals surface area contributed by atoms with Gasteiger partial charge in [0, 0.05) is 38.4 Å². The molecule has 4 rings (SSSR count). The summed E-state index contributed by atoms with van der Waals surface area (Å²) in [4.78, 5) is 23.1. The molecule has 0 saturated carbocycles. The standard InChI is InChI=1S/C34H46F3N5O/c1-24(2)22-41(23-25(3)4)31(43)33(5,6)27-13-16-29-30(21-27)42(20-10-19-40-17-8-7-9-18-40)32(39-29)38-28-14-11-26(12-15-28)34(35,36)37/h8,11-17,21,24-25H,7,9-10,18-20,22-23H2,1-6H3,(H,38,39). The molecule has 43 heavy (non-hydrogen) atoms. The van der Waals surface area contributed by atoms with Crippen LogP contribution >= 0.6 is 0 Å². The zero-order valence-electron chi connectivity index (χ0n) is 26.3. The van der Waals surface area contributed by atoms with Crippen molar-refractivity contribution in [3.8, 4) is 0 Å². The number of allylic oxidation sites excluding steroid dienone is 1. The minimum absolute atomic E-state index is 0.0975. The van der Waals surface area contributed by atoms with E-state index in [9.17, 15) is 18.0 Å². The van der Waals surface area contributed by atoms with E-state index in [2.05, 4.69) is 60.8 Å². The van der Waals surface area contributed by atoms with E-state index in [4.69, 9.17) is 4.98 Å². The van der Waals surface area contributed by atoms with Crippen LogP contribution in [0.4, 0.5) is 24.8 Å². The highest BCUT2D eigenvalue weighted by atomic mass is 19.4. The van der Waals surface area contributed by atoms with Gasteiger partial charge in [0.2, 0.25) is 11.9 Å². The maximum Gasteiger partial charge on any atom is 0.416 e. The Bertz CT molecular complexity index is 1400. The number of nitrogens with one attached hydrogen (secondary N) is 1. The van der Waals surface area contributed by atoms with E-state index in [-0.39, 0.29) is 5.91 Å². The van der Waals surface area contributed by atoms with E-state index in [1.807, 2.05) is 30.9 Å². The summed E-state index contributed by atoms with van der Waals surface area (Å²) in [6.45, 7) is 16.5. The van der Waals surface area contributed by atoms with Gasteiger partial charge in [0.15, 0.2) is 0 Å². The molecule has 2 aromatic carbocycles. The van der Waals surface area contributed by atoms with Crippen molar-refractivity contribution in [3.05, 3.63) is 65.9 Å². The third kappa shape index (κ3) is 8.12. The summed E-state index contributed by atoms with van der Waals surface area (Å²) in [5, 5.41) is 3.25. The maximum atomic E-state index is 13.9. The molecule has 6 nitrogen and oxygen atoms in total. The number of hydrogen-bond acceptors (Lipinski definition) is 4. The third-order valence-electron chi connectivity index (χ3n) is 7.89. The number of aromatic nitrogens is 2. The summed E-state index contributed by atoms with van der Waals surface area (Å²) in [7, 11) is 0. The van der Waals surface area contributed by atoms with E-state index >= 15 is 0 Å². The van der Waals surface area contributed by atoms with Gasteiger partial charge in [-0.1, -0.05) is 39.8 Å². The fraction of sp³-hybridized carbons (Fsp3) is 0.529. The zero-order valence-corrected chi connectivity index (χ0v) is 26.3. The number of carbonyl (C=O) groups is 1. The molecule has 0 fully saturated rings. The molecule has 0 aliphatic carbocycles. The Labute approximate surface area is 254 Å². The SMILES string of the molecule is CC(C)CN(CC(C)C)C(=O)C(C)(C)c1ccc2nc(Nc3ccc(C(F)(F)F)cc3)n(CCCN3C=CCCC3)c2c1. The highest BCUT2D eigenvalue weighted by Gasteiger charge is 2.35. The second-order valence-corrected chi connectivity index (χ2v) is 13.0. The van der Waals surface area contributed by atoms with Crippen LogP contribution in [0.1, 0.15) is 71.9 Å². The number of halogens is 3. The Hall–Kier alpha value is -3.49. The highest BCUT2D eigenvalue weighted by Crippen LogP contribution is 2.33. The number of fused-ring (bicyclic) bond motifs is 1. The Kier molecular flexibility index (Phi) is 10.1. The van der Waals surface area contributed by atoms with Gasteiger partial charge in [-0.15, -0.1) is 0 Å². The fourth-order valence-electron chi connectivity index (χ4n) is 5.67. The van der Waals surface area contributed by atoms with Gasteiger partial charge < -0.3 is 19.7 Å². The van der Waals surface area contributed by atoms with Crippen LogP contribution in [-0.2, 0) is 22.9 Å².